The minimum absolute atomic E-state index is 0.298. The van der Waals surface area contributed by atoms with Crippen LogP contribution in [0.3, 0.4) is 0 Å². The Bertz CT molecular complexity index is 1330. The largest absolute Gasteiger partial charge is 0.384 e. The zero-order valence-electron chi connectivity index (χ0n) is 24.7. The third kappa shape index (κ3) is 6.33. The van der Waals surface area contributed by atoms with E-state index < -0.39 is 0 Å². The van der Waals surface area contributed by atoms with Gasteiger partial charge in [0, 0.05) is 18.8 Å². The summed E-state index contributed by atoms with van der Waals surface area (Å²) in [4.78, 5) is 0. The summed E-state index contributed by atoms with van der Waals surface area (Å²) in [6.07, 6.45) is 12.5. The molecule has 5 rings (SSSR count). The second-order valence-electron chi connectivity index (χ2n) is 12.1. The van der Waals surface area contributed by atoms with E-state index in [-0.39, 0.29) is 0 Å². The van der Waals surface area contributed by atoms with Gasteiger partial charge in [-0.05, 0) is 105 Å². The lowest BCUT2D eigenvalue weighted by molar-refractivity contribution is 0.0240. The van der Waals surface area contributed by atoms with Gasteiger partial charge >= 0.3 is 0 Å². The number of hydrogen-bond donors (Lipinski definition) is 3. The number of aryl methyl sites for hydroxylation is 2. The van der Waals surface area contributed by atoms with Crippen LogP contribution in [0.4, 0.5) is 5.95 Å². The van der Waals surface area contributed by atoms with E-state index in [0.717, 1.165) is 35.5 Å². The van der Waals surface area contributed by atoms with Crippen LogP contribution in [-0.4, -0.2) is 21.3 Å². The quantitative estimate of drug-likeness (QED) is 0.190. The number of hydrogen-bond acceptors (Lipinski definition) is 5. The molecule has 0 radical (unpaired) electrons. The highest BCUT2D eigenvalue weighted by molar-refractivity contribution is 5.69. The highest BCUT2D eigenvalue weighted by Crippen LogP contribution is 2.57. The van der Waals surface area contributed by atoms with E-state index in [4.69, 9.17) is 5.73 Å². The Hall–Kier alpha value is -3.80. The maximum atomic E-state index is 6.23. The van der Waals surface area contributed by atoms with Gasteiger partial charge in [-0.25, -0.2) is 0 Å². The summed E-state index contributed by atoms with van der Waals surface area (Å²) >= 11 is 0. The molecule has 4 N–H and O–H groups in total. The summed E-state index contributed by atoms with van der Waals surface area (Å²) in [5, 5.41) is 15.3. The van der Waals surface area contributed by atoms with Gasteiger partial charge in [-0.3, -0.25) is 4.57 Å². The first-order chi connectivity index (χ1) is 19.0. The van der Waals surface area contributed by atoms with Crippen molar-refractivity contribution in [2.45, 2.75) is 72.3 Å². The number of nitrogens with zero attached hydrogens (tertiary/aromatic N) is 3. The first-order valence-electron chi connectivity index (χ1n) is 14.3. The number of anilines is 1. The van der Waals surface area contributed by atoms with E-state index in [1.807, 2.05) is 13.0 Å². The van der Waals surface area contributed by atoms with Crippen LogP contribution in [0, 0.1) is 24.7 Å². The summed E-state index contributed by atoms with van der Waals surface area (Å²) in [5.74, 6) is 0.971. The van der Waals surface area contributed by atoms with Gasteiger partial charge in [-0.15, -0.1) is 16.8 Å². The van der Waals surface area contributed by atoms with Crippen LogP contribution < -0.4 is 16.4 Å². The van der Waals surface area contributed by atoms with Gasteiger partial charge in [0.2, 0.25) is 5.95 Å². The molecule has 2 aromatic rings. The minimum atomic E-state index is 0.298. The smallest absolute Gasteiger partial charge is 0.226 e. The molecule has 6 nitrogen and oxygen atoms in total. The van der Waals surface area contributed by atoms with Crippen molar-refractivity contribution in [3.05, 3.63) is 108 Å². The number of allylic oxidation sites excluding steroid dienone is 4. The predicted octanol–water partition coefficient (Wildman–Crippen LogP) is 6.93. The molecule has 0 amide bonds. The van der Waals surface area contributed by atoms with Crippen LogP contribution in [0.15, 0.2) is 85.8 Å². The molecule has 1 heterocycles. The Morgan fingerprint density at radius 2 is 1.68 bits per heavy atom. The van der Waals surface area contributed by atoms with Gasteiger partial charge in [0.05, 0.1) is 11.4 Å². The second-order valence-corrected chi connectivity index (χ2v) is 12.1. The average molecular weight is 539 g/mol. The summed E-state index contributed by atoms with van der Waals surface area (Å²) in [5.41, 5.74) is 14.8. The molecule has 3 fully saturated rings. The van der Waals surface area contributed by atoms with E-state index in [1.165, 1.54) is 55.2 Å². The molecular formula is C34H46N6. The Balaban J connectivity index is 1.46. The number of benzene rings is 1. The molecule has 3 aliphatic rings. The number of aromatic nitrogens is 3. The first-order valence-corrected chi connectivity index (χ1v) is 14.3. The Morgan fingerprint density at radius 1 is 1.00 bits per heavy atom. The minimum Gasteiger partial charge on any atom is -0.384 e. The molecule has 3 saturated carbocycles. The van der Waals surface area contributed by atoms with Gasteiger partial charge < -0.3 is 16.4 Å². The molecule has 40 heavy (non-hydrogen) atoms. The molecule has 0 spiro atoms. The molecule has 6 heteroatoms. The molecular weight excluding hydrogens is 492 g/mol. The van der Waals surface area contributed by atoms with Crippen LogP contribution >= 0.6 is 0 Å². The van der Waals surface area contributed by atoms with Crippen molar-refractivity contribution in [2.75, 3.05) is 12.3 Å². The third-order valence-electron chi connectivity index (χ3n) is 9.07. The highest BCUT2D eigenvalue weighted by atomic mass is 15.3. The lowest BCUT2D eigenvalue weighted by atomic mass is 9.54. The highest BCUT2D eigenvalue weighted by Gasteiger charge is 2.46. The number of nitrogens with two attached hydrogens (primary N) is 1. The van der Waals surface area contributed by atoms with Crippen molar-refractivity contribution in [1.29, 1.82) is 0 Å². The molecule has 0 atom stereocenters. The number of fused-ring (bicyclic) bond motifs is 3. The zero-order valence-corrected chi connectivity index (χ0v) is 24.7. The van der Waals surface area contributed by atoms with Gasteiger partial charge in [0.1, 0.15) is 5.82 Å². The van der Waals surface area contributed by atoms with Crippen LogP contribution in [-0.2, 0) is 13.0 Å². The molecule has 2 bridgehead atoms. The summed E-state index contributed by atoms with van der Waals surface area (Å²) in [6, 6.07) is 6.53. The van der Waals surface area contributed by atoms with Crippen molar-refractivity contribution < 1.29 is 0 Å². The lowest BCUT2D eigenvalue weighted by Crippen LogP contribution is -2.45. The maximum absolute atomic E-state index is 6.23. The van der Waals surface area contributed by atoms with Crippen LogP contribution in [0.5, 0.6) is 0 Å². The second kappa shape index (κ2) is 11.7. The van der Waals surface area contributed by atoms with E-state index >= 15 is 0 Å². The SMILES string of the molecule is C=CC12CCC(CNC(=C)C(=C)/C=C(/C(=C)NCc3ccc(CC(=C)C)c(C)c3)n3c(C)nnc3N)(CC1)CC2. The van der Waals surface area contributed by atoms with E-state index in [0.29, 0.717) is 34.8 Å². The van der Waals surface area contributed by atoms with Gasteiger partial charge in [0.15, 0.2) is 0 Å². The summed E-state index contributed by atoms with van der Waals surface area (Å²) < 4.78 is 1.80. The number of rotatable bonds is 13. The Morgan fingerprint density at radius 3 is 2.23 bits per heavy atom. The van der Waals surface area contributed by atoms with E-state index in [1.54, 1.807) is 4.57 Å². The van der Waals surface area contributed by atoms with Crippen molar-refractivity contribution in [3.63, 3.8) is 0 Å². The Kier molecular flexibility index (Phi) is 8.57. The summed E-state index contributed by atoms with van der Waals surface area (Å²) in [7, 11) is 0. The molecule has 212 valence electrons. The van der Waals surface area contributed by atoms with Gasteiger partial charge in [-0.1, -0.05) is 56.2 Å². The number of nitrogens with one attached hydrogen (secondary N) is 2. The molecule has 0 unspecified atom stereocenters. The summed E-state index contributed by atoms with van der Waals surface area (Å²) in [6.45, 7) is 28.7. The fraction of sp³-hybridized carbons (Fsp3) is 0.412. The standard InChI is InChI=1S/C34H46N6/c1-9-33-12-15-34(16-13-33,17-14-33)22-37-26(6)24(4)20-31(40-28(8)38-39-32(40)35)27(7)36-21-29-10-11-30(18-23(2)3)25(5)19-29/h9-11,19-20,36-37H,1-2,4,6-7,12-18,21-22H2,3,5,8H3,(H2,35,39)/b31-20-. The molecule has 3 aliphatic carbocycles. The van der Waals surface area contributed by atoms with Crippen molar-refractivity contribution in [2.24, 2.45) is 10.8 Å². The van der Waals surface area contributed by atoms with Crippen LogP contribution in [0.2, 0.25) is 0 Å². The first kappa shape index (κ1) is 29.2. The zero-order chi connectivity index (χ0) is 29.1. The molecule has 1 aromatic heterocycles. The predicted molar refractivity (Wildman–Crippen MR) is 168 cm³/mol. The number of nitrogen functional groups attached to an aromatic ring is 1. The normalized spacial score (nSPS) is 22.0. The van der Waals surface area contributed by atoms with Gasteiger partial charge in [-0.2, -0.15) is 0 Å². The van der Waals surface area contributed by atoms with Crippen LogP contribution in [0.1, 0.15) is 68.0 Å². The van der Waals surface area contributed by atoms with Gasteiger partial charge in [0.25, 0.3) is 0 Å². The average Bonchev–Trinajstić information content (AvgIpc) is 3.28. The van der Waals surface area contributed by atoms with Crippen LogP contribution in [0.25, 0.3) is 5.70 Å². The lowest BCUT2D eigenvalue weighted by Gasteiger charge is -2.52. The molecule has 0 saturated heterocycles. The third-order valence-corrected chi connectivity index (χ3v) is 9.07. The fourth-order valence-corrected chi connectivity index (χ4v) is 6.18. The van der Waals surface area contributed by atoms with Crippen molar-refractivity contribution in [3.8, 4) is 0 Å². The van der Waals surface area contributed by atoms with Crippen molar-refractivity contribution in [1.82, 2.24) is 25.4 Å². The monoisotopic (exact) mass is 538 g/mol. The van der Waals surface area contributed by atoms with E-state index in [2.05, 4.69) is 91.8 Å². The Labute approximate surface area is 240 Å². The van der Waals surface area contributed by atoms with Crippen molar-refractivity contribution >= 4 is 11.6 Å². The fourth-order valence-electron chi connectivity index (χ4n) is 6.18. The molecule has 0 aliphatic heterocycles. The maximum Gasteiger partial charge on any atom is 0.226 e. The van der Waals surface area contributed by atoms with E-state index in [9.17, 15) is 0 Å². The molecule has 1 aromatic carbocycles. The topological polar surface area (TPSA) is 80.8 Å².